The number of carbonyl (C=O) groups is 2. The number of hydrogen-bond acceptors (Lipinski definition) is 5. The second kappa shape index (κ2) is 9.83. The van der Waals surface area contributed by atoms with E-state index in [9.17, 15) is 14.7 Å². The molecule has 0 amide bonds. The summed E-state index contributed by atoms with van der Waals surface area (Å²) in [4.78, 5) is 22.8. The first-order valence-electron chi connectivity index (χ1n) is 10.8. The number of unbranched alkanes of at least 4 members (excludes halogenated alkanes) is 1. The van der Waals surface area contributed by atoms with Crippen LogP contribution in [0.2, 0.25) is 0 Å². The topological polar surface area (TPSA) is 93.1 Å². The van der Waals surface area contributed by atoms with E-state index in [-0.39, 0.29) is 24.0 Å². The van der Waals surface area contributed by atoms with Gasteiger partial charge < -0.3 is 19.7 Å². The molecule has 2 N–H and O–H groups in total. The predicted molar refractivity (Wildman–Crippen MR) is 121 cm³/mol. The van der Waals surface area contributed by atoms with Gasteiger partial charge in [0, 0.05) is 18.3 Å². The summed E-state index contributed by atoms with van der Waals surface area (Å²) in [5, 5.41) is 21.3. The zero-order chi connectivity index (χ0) is 22.5. The van der Waals surface area contributed by atoms with E-state index >= 15 is 0 Å². The Morgan fingerprint density at radius 2 is 1.78 bits per heavy atom. The van der Waals surface area contributed by atoms with Crippen molar-refractivity contribution in [1.29, 1.82) is 0 Å². The van der Waals surface area contributed by atoms with Crippen molar-refractivity contribution in [2.45, 2.75) is 38.1 Å². The molecule has 0 spiro atoms. The van der Waals surface area contributed by atoms with Crippen LogP contribution in [0, 0.1) is 11.8 Å². The Morgan fingerprint density at radius 3 is 2.44 bits per heavy atom. The van der Waals surface area contributed by atoms with Crippen LogP contribution in [0.15, 0.2) is 72.9 Å². The highest BCUT2D eigenvalue weighted by atomic mass is 16.7. The predicted octanol–water partition coefficient (Wildman–Crippen LogP) is 4.43. The molecule has 6 nitrogen and oxygen atoms in total. The van der Waals surface area contributed by atoms with Gasteiger partial charge in [-0.25, -0.2) is 0 Å². The van der Waals surface area contributed by atoms with Crippen molar-refractivity contribution in [2.75, 3.05) is 0 Å². The fourth-order valence-corrected chi connectivity index (χ4v) is 3.99. The molecular weight excluding hydrogens is 408 g/mol. The van der Waals surface area contributed by atoms with Crippen LogP contribution in [0.1, 0.15) is 25.7 Å². The molecule has 3 atom stereocenters. The number of hydrogen-bond donors (Lipinski definition) is 2. The lowest BCUT2D eigenvalue weighted by molar-refractivity contribution is -0.137. The Kier molecular flexibility index (Phi) is 6.71. The molecule has 0 aromatic heterocycles. The molecule has 2 aromatic carbocycles. The molecule has 1 aliphatic heterocycles. The van der Waals surface area contributed by atoms with Crippen molar-refractivity contribution < 1.29 is 29.3 Å². The first kappa shape index (κ1) is 21.8. The largest absolute Gasteiger partial charge is 0.481 e. The average molecular weight is 434 g/mol. The van der Waals surface area contributed by atoms with Crippen LogP contribution in [-0.2, 0) is 9.59 Å². The quantitative estimate of drug-likeness (QED) is 0.448. The van der Waals surface area contributed by atoms with Gasteiger partial charge in [0.1, 0.15) is 6.10 Å². The van der Waals surface area contributed by atoms with Crippen LogP contribution in [0.3, 0.4) is 0 Å². The van der Waals surface area contributed by atoms with Crippen molar-refractivity contribution in [2.24, 2.45) is 11.8 Å². The lowest BCUT2D eigenvalue weighted by atomic mass is 9.90. The zero-order valence-corrected chi connectivity index (χ0v) is 17.6. The van der Waals surface area contributed by atoms with Gasteiger partial charge in [0.25, 0.3) is 6.29 Å². The summed E-state index contributed by atoms with van der Waals surface area (Å²) in [6.07, 6.45) is 10.8. The fourth-order valence-electron chi connectivity index (χ4n) is 3.99. The van der Waals surface area contributed by atoms with Crippen molar-refractivity contribution in [1.82, 2.24) is 0 Å². The summed E-state index contributed by atoms with van der Waals surface area (Å²) < 4.78 is 11.6. The number of ether oxygens (including phenoxy) is 2. The van der Waals surface area contributed by atoms with E-state index in [1.807, 2.05) is 60.7 Å². The number of aliphatic hydroxyl groups excluding tert-OH is 1. The maximum absolute atomic E-state index is 12.2. The summed E-state index contributed by atoms with van der Waals surface area (Å²) in [5.41, 5.74) is 0. The van der Waals surface area contributed by atoms with Gasteiger partial charge in [-0.05, 0) is 48.2 Å². The molecule has 1 aliphatic carbocycles. The summed E-state index contributed by atoms with van der Waals surface area (Å²) in [5.74, 6) is 0.112. The normalized spacial score (nSPS) is 21.3. The number of aliphatic carboxylic acids is 1. The van der Waals surface area contributed by atoms with Crippen LogP contribution >= 0.6 is 0 Å². The minimum Gasteiger partial charge on any atom is -0.481 e. The van der Waals surface area contributed by atoms with Gasteiger partial charge in [-0.15, -0.1) is 0 Å². The molecule has 4 rings (SSSR count). The lowest BCUT2D eigenvalue weighted by Gasteiger charge is -2.16. The Morgan fingerprint density at radius 1 is 1.09 bits per heavy atom. The van der Waals surface area contributed by atoms with Crippen molar-refractivity contribution in [3.05, 3.63) is 72.9 Å². The van der Waals surface area contributed by atoms with Crippen LogP contribution in [0.5, 0.6) is 11.5 Å². The molecule has 32 heavy (non-hydrogen) atoms. The molecule has 0 bridgehead atoms. The van der Waals surface area contributed by atoms with Gasteiger partial charge in [-0.3, -0.25) is 9.59 Å². The summed E-state index contributed by atoms with van der Waals surface area (Å²) in [6, 6.07) is 11.7. The molecule has 0 saturated heterocycles. The average Bonchev–Trinajstić information content (AvgIpc) is 3.35. The maximum atomic E-state index is 12.2. The van der Waals surface area contributed by atoms with Gasteiger partial charge in [0.05, 0.1) is 0 Å². The standard InChI is InChI=1S/C26H26O6/c27-21-13-11-17(20(21)9-3-1-2-4-10-25(29)30)12-14-22(28)26-31-23-15-18-7-5-6-8-19(18)16-24(23)32-26/h1,3,5-8,11-17,20,22,26,28H,2,4,9-10H2,(H,29,30)/b3-1-,14-12+/t17-,20-,22-/m1/s1. The fraction of sp³-hybridized carbons (Fsp3) is 0.308. The van der Waals surface area contributed by atoms with Crippen molar-refractivity contribution in [3.8, 4) is 11.5 Å². The third kappa shape index (κ3) is 5.08. The number of carbonyl (C=O) groups excluding carboxylic acids is 1. The van der Waals surface area contributed by atoms with Gasteiger partial charge >= 0.3 is 5.97 Å². The number of fused-ring (bicyclic) bond motifs is 2. The highest BCUT2D eigenvalue weighted by Gasteiger charge is 2.31. The molecule has 1 heterocycles. The van der Waals surface area contributed by atoms with Crippen LogP contribution < -0.4 is 9.47 Å². The van der Waals surface area contributed by atoms with E-state index in [1.54, 1.807) is 12.2 Å². The Hall–Kier alpha value is -3.38. The molecule has 0 radical (unpaired) electrons. The number of rotatable bonds is 9. The molecule has 0 fully saturated rings. The second-order valence-corrected chi connectivity index (χ2v) is 8.06. The number of ketones is 1. The van der Waals surface area contributed by atoms with Crippen LogP contribution in [0.25, 0.3) is 10.8 Å². The van der Waals surface area contributed by atoms with E-state index < -0.39 is 18.4 Å². The van der Waals surface area contributed by atoms with Crippen LogP contribution in [0.4, 0.5) is 0 Å². The van der Waals surface area contributed by atoms with Gasteiger partial charge in [0.2, 0.25) is 0 Å². The Balaban J connectivity index is 1.33. The van der Waals surface area contributed by atoms with Gasteiger partial charge in [-0.2, -0.15) is 0 Å². The Bertz CT molecular complexity index is 1040. The third-order valence-corrected chi connectivity index (χ3v) is 5.74. The van der Waals surface area contributed by atoms with E-state index in [0.717, 1.165) is 10.8 Å². The highest BCUT2D eigenvalue weighted by Crippen LogP contribution is 2.39. The molecule has 0 saturated carbocycles. The monoisotopic (exact) mass is 434 g/mol. The summed E-state index contributed by atoms with van der Waals surface area (Å²) in [6.45, 7) is 0. The number of benzene rings is 2. The SMILES string of the molecule is O=C(O)CCC/C=C\C[C@H]1C(=O)C=C[C@@H]1/C=C/[C@@H](O)C1Oc2cc3ccccc3cc2O1. The highest BCUT2D eigenvalue weighted by molar-refractivity contribution is 5.95. The molecule has 2 aromatic rings. The van der Waals surface area contributed by atoms with E-state index in [0.29, 0.717) is 30.8 Å². The van der Waals surface area contributed by atoms with Crippen molar-refractivity contribution in [3.63, 3.8) is 0 Å². The molecule has 6 heteroatoms. The Labute approximate surface area is 186 Å². The number of carboxylic acid groups (broad SMARTS) is 1. The van der Waals surface area contributed by atoms with Crippen molar-refractivity contribution >= 4 is 22.5 Å². The van der Waals surface area contributed by atoms with E-state index in [1.165, 1.54) is 0 Å². The molecule has 2 aliphatic rings. The van der Waals surface area contributed by atoms with Crippen LogP contribution in [-0.4, -0.2) is 34.4 Å². The molecular formula is C26H26O6. The first-order chi connectivity index (χ1) is 15.5. The smallest absolute Gasteiger partial charge is 0.303 e. The van der Waals surface area contributed by atoms with Gasteiger partial charge in [0.15, 0.2) is 17.3 Å². The minimum atomic E-state index is -0.984. The van der Waals surface area contributed by atoms with E-state index in [4.69, 9.17) is 14.6 Å². The zero-order valence-electron chi connectivity index (χ0n) is 17.6. The van der Waals surface area contributed by atoms with E-state index in [2.05, 4.69) is 0 Å². The molecule has 0 unspecified atom stereocenters. The second-order valence-electron chi connectivity index (χ2n) is 8.06. The summed E-state index contributed by atoms with van der Waals surface area (Å²) in [7, 11) is 0. The minimum absolute atomic E-state index is 0.0526. The number of carboxylic acids is 1. The summed E-state index contributed by atoms with van der Waals surface area (Å²) >= 11 is 0. The third-order valence-electron chi connectivity index (χ3n) is 5.74. The lowest BCUT2D eigenvalue weighted by Crippen LogP contribution is -2.32. The molecule has 166 valence electrons. The number of aliphatic hydroxyl groups is 1. The maximum Gasteiger partial charge on any atom is 0.303 e. The first-order valence-corrected chi connectivity index (χ1v) is 10.8. The van der Waals surface area contributed by atoms with Gasteiger partial charge in [-0.1, -0.05) is 54.6 Å². The number of allylic oxidation sites excluding steroid dienone is 5.